The van der Waals surface area contributed by atoms with Gasteiger partial charge in [-0.25, -0.2) is 4.79 Å². The molecule has 2 amide bonds. The monoisotopic (exact) mass is 371 g/mol. The Labute approximate surface area is 157 Å². The number of carbonyl (C=O) groups is 2. The predicted octanol–water partition coefficient (Wildman–Crippen LogP) is 1.13. The number of nitrogens with zero attached hydrogens (tertiary/aromatic N) is 1. The molecule has 0 radical (unpaired) electrons. The van der Waals surface area contributed by atoms with E-state index in [0.29, 0.717) is 0 Å². The lowest BCUT2D eigenvalue weighted by Crippen LogP contribution is -2.43. The summed E-state index contributed by atoms with van der Waals surface area (Å²) >= 11 is 0. The van der Waals surface area contributed by atoms with Gasteiger partial charge in [-0.3, -0.25) is 14.6 Å². The Morgan fingerprint density at radius 3 is 2.70 bits per heavy atom. The first kappa shape index (κ1) is 18.9. The van der Waals surface area contributed by atoms with Gasteiger partial charge in [-0.05, 0) is 50.7 Å². The highest BCUT2D eigenvalue weighted by atomic mass is 16.2. The van der Waals surface area contributed by atoms with Crippen LogP contribution in [0.15, 0.2) is 35.5 Å². The van der Waals surface area contributed by atoms with Crippen molar-refractivity contribution in [2.45, 2.75) is 51.1 Å². The Balaban J connectivity index is 1.42. The number of amides is 2. The number of hydrogen-bond donors (Lipinski definition) is 4. The van der Waals surface area contributed by atoms with Gasteiger partial charge in [0, 0.05) is 36.6 Å². The van der Waals surface area contributed by atoms with Gasteiger partial charge in [0.25, 0.3) is 5.91 Å². The molecule has 1 aliphatic rings. The van der Waals surface area contributed by atoms with Gasteiger partial charge in [0.2, 0.25) is 5.91 Å². The van der Waals surface area contributed by atoms with Crippen molar-refractivity contribution in [3.63, 3.8) is 0 Å². The second-order valence-corrected chi connectivity index (χ2v) is 7.15. The highest BCUT2D eigenvalue weighted by Crippen LogP contribution is 2.25. The van der Waals surface area contributed by atoms with E-state index in [1.807, 2.05) is 25.3 Å². The molecule has 8 heteroatoms. The summed E-state index contributed by atoms with van der Waals surface area (Å²) in [5.74, 6) is -0.251. The van der Waals surface area contributed by atoms with E-state index in [9.17, 15) is 14.4 Å². The molecule has 0 aromatic carbocycles. The van der Waals surface area contributed by atoms with Gasteiger partial charge in [-0.2, -0.15) is 0 Å². The zero-order chi connectivity index (χ0) is 19.2. The van der Waals surface area contributed by atoms with Crippen LogP contribution in [0.4, 0.5) is 0 Å². The Bertz CT molecular complexity index is 821. The molecule has 1 fully saturated rings. The Morgan fingerprint density at radius 2 is 2.07 bits per heavy atom. The molecule has 2 aromatic rings. The number of aromatic amines is 2. The van der Waals surface area contributed by atoms with Crippen molar-refractivity contribution in [3.8, 4) is 0 Å². The molecule has 0 saturated heterocycles. The van der Waals surface area contributed by atoms with Gasteiger partial charge in [0.1, 0.15) is 5.69 Å². The minimum atomic E-state index is -0.402. The third kappa shape index (κ3) is 5.29. The van der Waals surface area contributed by atoms with Crippen LogP contribution in [-0.4, -0.2) is 38.8 Å². The van der Waals surface area contributed by atoms with Crippen molar-refractivity contribution >= 4 is 11.8 Å². The van der Waals surface area contributed by atoms with Gasteiger partial charge in [0.05, 0.1) is 0 Å². The van der Waals surface area contributed by atoms with E-state index in [0.717, 1.165) is 37.7 Å². The van der Waals surface area contributed by atoms with Crippen LogP contribution < -0.4 is 16.3 Å². The Kier molecular flexibility index (Phi) is 6.05. The van der Waals surface area contributed by atoms with Crippen LogP contribution in [0, 0.1) is 5.92 Å². The minimum Gasteiger partial charge on any atom is -0.353 e. The van der Waals surface area contributed by atoms with Gasteiger partial charge in [-0.1, -0.05) is 6.07 Å². The van der Waals surface area contributed by atoms with E-state index in [1.54, 1.807) is 6.20 Å². The van der Waals surface area contributed by atoms with E-state index < -0.39 is 5.69 Å². The molecule has 0 aliphatic heterocycles. The molecular weight excluding hydrogens is 346 g/mol. The molecule has 2 aromatic heterocycles. The maximum Gasteiger partial charge on any atom is 0.323 e. The van der Waals surface area contributed by atoms with Crippen LogP contribution in [0.25, 0.3) is 0 Å². The summed E-state index contributed by atoms with van der Waals surface area (Å²) < 4.78 is 0. The summed E-state index contributed by atoms with van der Waals surface area (Å²) in [4.78, 5) is 44.6. The Morgan fingerprint density at radius 1 is 1.30 bits per heavy atom. The number of H-pyrrole nitrogens is 2. The fourth-order valence-corrected chi connectivity index (χ4v) is 3.50. The molecule has 1 aliphatic carbocycles. The van der Waals surface area contributed by atoms with Gasteiger partial charge in [0.15, 0.2) is 0 Å². The van der Waals surface area contributed by atoms with Crippen LogP contribution in [0.3, 0.4) is 0 Å². The normalized spacial score (nSPS) is 20.6. The lowest BCUT2D eigenvalue weighted by Gasteiger charge is -2.29. The van der Waals surface area contributed by atoms with Crippen LogP contribution in [0.5, 0.6) is 0 Å². The van der Waals surface area contributed by atoms with Crippen molar-refractivity contribution in [1.29, 1.82) is 0 Å². The number of aromatic nitrogens is 3. The molecule has 1 unspecified atom stereocenters. The summed E-state index contributed by atoms with van der Waals surface area (Å²) in [7, 11) is 0. The van der Waals surface area contributed by atoms with E-state index in [2.05, 4.69) is 25.6 Å². The SMILES string of the molecule is CC(Cc1cccnc1)NC(=O)C1CCC(NC(=O)c2c[nH]c(=O)[nH]2)CC1. The quantitative estimate of drug-likeness (QED) is 0.608. The number of hydrogen-bond acceptors (Lipinski definition) is 4. The maximum absolute atomic E-state index is 12.5. The Hall–Kier alpha value is -2.90. The fourth-order valence-electron chi connectivity index (χ4n) is 3.50. The predicted molar refractivity (Wildman–Crippen MR) is 100 cm³/mol. The summed E-state index contributed by atoms with van der Waals surface area (Å²) in [6.07, 6.45) is 8.62. The first-order chi connectivity index (χ1) is 13.0. The average molecular weight is 371 g/mol. The number of nitrogens with one attached hydrogen (secondary N) is 4. The number of rotatable bonds is 6. The smallest absolute Gasteiger partial charge is 0.323 e. The van der Waals surface area contributed by atoms with E-state index >= 15 is 0 Å². The van der Waals surface area contributed by atoms with E-state index in [-0.39, 0.29) is 35.5 Å². The molecule has 8 nitrogen and oxygen atoms in total. The number of imidazole rings is 1. The molecule has 4 N–H and O–H groups in total. The average Bonchev–Trinajstić information content (AvgIpc) is 3.09. The van der Waals surface area contributed by atoms with Crippen molar-refractivity contribution < 1.29 is 9.59 Å². The molecule has 3 rings (SSSR count). The van der Waals surface area contributed by atoms with Crippen LogP contribution in [0.2, 0.25) is 0 Å². The highest BCUT2D eigenvalue weighted by molar-refractivity contribution is 5.92. The topological polar surface area (TPSA) is 120 Å². The van der Waals surface area contributed by atoms with Crippen LogP contribution in [0.1, 0.15) is 48.7 Å². The largest absolute Gasteiger partial charge is 0.353 e. The van der Waals surface area contributed by atoms with Crippen LogP contribution in [-0.2, 0) is 11.2 Å². The summed E-state index contributed by atoms with van der Waals surface area (Å²) in [6.45, 7) is 1.99. The van der Waals surface area contributed by atoms with Crippen molar-refractivity contribution in [2.75, 3.05) is 0 Å². The number of carbonyl (C=O) groups excluding carboxylic acids is 2. The minimum absolute atomic E-state index is 0.0211. The first-order valence-corrected chi connectivity index (χ1v) is 9.29. The third-order valence-electron chi connectivity index (χ3n) is 4.93. The van der Waals surface area contributed by atoms with Gasteiger partial charge < -0.3 is 20.6 Å². The number of pyridine rings is 1. The molecule has 1 atom stereocenters. The highest BCUT2D eigenvalue weighted by Gasteiger charge is 2.28. The third-order valence-corrected chi connectivity index (χ3v) is 4.93. The lowest BCUT2D eigenvalue weighted by molar-refractivity contribution is -0.126. The van der Waals surface area contributed by atoms with E-state index in [4.69, 9.17) is 0 Å². The fraction of sp³-hybridized carbons (Fsp3) is 0.474. The van der Waals surface area contributed by atoms with Crippen molar-refractivity contribution in [2.24, 2.45) is 5.92 Å². The van der Waals surface area contributed by atoms with Gasteiger partial charge in [-0.15, -0.1) is 0 Å². The molecule has 2 heterocycles. The van der Waals surface area contributed by atoms with E-state index in [1.165, 1.54) is 6.20 Å². The molecular formula is C19H25N5O3. The molecule has 0 bridgehead atoms. The first-order valence-electron chi connectivity index (χ1n) is 9.29. The summed E-state index contributed by atoms with van der Waals surface area (Å²) in [6, 6.07) is 3.96. The molecule has 144 valence electrons. The standard InChI is InChI=1S/C19H25N5O3/c1-12(9-13-3-2-8-20-10-13)22-17(25)14-4-6-15(7-5-14)23-18(26)16-11-21-19(27)24-16/h2-3,8,10-12,14-15H,4-7,9H2,1H3,(H,22,25)(H,23,26)(H2,21,24,27). The van der Waals surface area contributed by atoms with Gasteiger partial charge >= 0.3 is 5.69 Å². The zero-order valence-corrected chi connectivity index (χ0v) is 15.3. The molecule has 1 saturated carbocycles. The summed E-state index contributed by atoms with van der Waals surface area (Å²) in [5, 5.41) is 6.00. The summed E-state index contributed by atoms with van der Waals surface area (Å²) in [5.41, 5.74) is 0.921. The van der Waals surface area contributed by atoms with Crippen LogP contribution >= 0.6 is 0 Å². The molecule has 0 spiro atoms. The second-order valence-electron chi connectivity index (χ2n) is 7.15. The van der Waals surface area contributed by atoms with Crippen molar-refractivity contribution in [3.05, 3.63) is 52.5 Å². The maximum atomic E-state index is 12.5. The van der Waals surface area contributed by atoms with Crippen molar-refractivity contribution in [1.82, 2.24) is 25.6 Å². The zero-order valence-electron chi connectivity index (χ0n) is 15.3. The lowest BCUT2D eigenvalue weighted by atomic mass is 9.85. The molecule has 27 heavy (non-hydrogen) atoms. The second kappa shape index (κ2) is 8.66.